The molecule has 1 heteroatoms. The van der Waals surface area contributed by atoms with Gasteiger partial charge in [-0.1, -0.05) is 6.42 Å². The van der Waals surface area contributed by atoms with E-state index >= 15 is 0 Å². The van der Waals surface area contributed by atoms with E-state index in [9.17, 15) is 5.11 Å². The molecule has 1 N–H and O–H groups in total. The van der Waals surface area contributed by atoms with Crippen molar-refractivity contribution < 1.29 is 5.11 Å². The van der Waals surface area contributed by atoms with Crippen LogP contribution >= 0.6 is 0 Å². The first kappa shape index (κ1) is 4.80. The van der Waals surface area contributed by atoms with Crippen molar-refractivity contribution in [1.82, 2.24) is 0 Å². The summed E-state index contributed by atoms with van der Waals surface area (Å²) in [5, 5.41) is 9.41. The van der Waals surface area contributed by atoms with Gasteiger partial charge < -0.3 is 5.11 Å². The van der Waals surface area contributed by atoms with Crippen molar-refractivity contribution in [2.45, 2.75) is 31.8 Å². The zero-order chi connectivity index (χ0) is 5.78. The van der Waals surface area contributed by atoms with E-state index in [4.69, 9.17) is 0 Å². The maximum atomic E-state index is 9.41. The van der Waals surface area contributed by atoms with E-state index in [1.54, 1.807) is 0 Å². The van der Waals surface area contributed by atoms with Crippen LogP contribution in [-0.2, 0) is 0 Å². The van der Waals surface area contributed by atoms with Crippen LogP contribution in [0.25, 0.3) is 0 Å². The van der Waals surface area contributed by atoms with E-state index in [2.05, 4.69) is 0 Å². The molecule has 0 aliphatic heterocycles. The Morgan fingerprint density at radius 3 is 2.12 bits per heavy atom. The third-order valence-electron chi connectivity index (χ3n) is 2.91. The fourth-order valence-electron chi connectivity index (χ4n) is 2.23. The zero-order valence-corrected chi connectivity index (χ0v) is 5.22. The van der Waals surface area contributed by atoms with Gasteiger partial charge in [-0.05, 0) is 31.6 Å². The summed E-state index contributed by atoms with van der Waals surface area (Å²) in [5.74, 6) is 1.37. The van der Waals surface area contributed by atoms with Crippen LogP contribution in [0.2, 0.25) is 0 Å². The van der Waals surface area contributed by atoms with Crippen LogP contribution in [0.15, 0.2) is 0 Å². The summed E-state index contributed by atoms with van der Waals surface area (Å²) >= 11 is 0. The van der Waals surface area contributed by atoms with Crippen molar-refractivity contribution in [2.24, 2.45) is 11.8 Å². The minimum Gasteiger partial charge on any atom is -0.390 e. The first-order chi connectivity index (χ1) is 3.73. The van der Waals surface area contributed by atoms with E-state index in [1.807, 2.05) is 6.92 Å². The molecule has 8 heavy (non-hydrogen) atoms. The van der Waals surface area contributed by atoms with Gasteiger partial charge in [0.1, 0.15) is 0 Å². The summed E-state index contributed by atoms with van der Waals surface area (Å²) in [5.41, 5.74) is -0.238. The van der Waals surface area contributed by atoms with Gasteiger partial charge in [-0.15, -0.1) is 0 Å². The van der Waals surface area contributed by atoms with Gasteiger partial charge in [0.25, 0.3) is 0 Å². The van der Waals surface area contributed by atoms with E-state index in [-0.39, 0.29) is 5.60 Å². The Hall–Kier alpha value is -0.0400. The summed E-state index contributed by atoms with van der Waals surface area (Å²) in [6, 6.07) is 0. The molecule has 2 aliphatic rings. The Bertz CT molecular complexity index is 106. The van der Waals surface area contributed by atoms with Crippen LogP contribution in [0.1, 0.15) is 26.2 Å². The summed E-state index contributed by atoms with van der Waals surface area (Å²) in [4.78, 5) is 0. The topological polar surface area (TPSA) is 20.2 Å². The summed E-state index contributed by atoms with van der Waals surface area (Å²) < 4.78 is 0. The Morgan fingerprint density at radius 2 is 1.88 bits per heavy atom. The molecule has 0 aromatic carbocycles. The van der Waals surface area contributed by atoms with Gasteiger partial charge >= 0.3 is 0 Å². The molecule has 0 aromatic rings. The molecule has 0 amide bonds. The maximum Gasteiger partial charge on any atom is 0.0683 e. The number of fused-ring (bicyclic) bond motifs is 1. The third kappa shape index (κ3) is 0.368. The molecule has 2 rings (SSSR count). The molecule has 0 heterocycles. The lowest BCUT2D eigenvalue weighted by molar-refractivity contribution is 0.126. The SMILES string of the molecule is CC1(O)C2CCCC21. The zero-order valence-electron chi connectivity index (χ0n) is 5.22. The first-order valence-corrected chi connectivity index (χ1v) is 3.45. The highest BCUT2D eigenvalue weighted by Gasteiger charge is 2.61. The quantitative estimate of drug-likeness (QED) is 0.498. The van der Waals surface area contributed by atoms with Crippen LogP contribution < -0.4 is 0 Å². The third-order valence-corrected chi connectivity index (χ3v) is 2.91. The van der Waals surface area contributed by atoms with Gasteiger partial charge in [0, 0.05) is 0 Å². The molecule has 1 nitrogen and oxygen atoms in total. The van der Waals surface area contributed by atoms with Crippen LogP contribution in [0.3, 0.4) is 0 Å². The summed E-state index contributed by atoms with van der Waals surface area (Å²) in [7, 11) is 0. The fourth-order valence-corrected chi connectivity index (χ4v) is 2.23. The smallest absolute Gasteiger partial charge is 0.0683 e. The Morgan fingerprint density at radius 1 is 1.38 bits per heavy atom. The van der Waals surface area contributed by atoms with E-state index in [0.29, 0.717) is 11.8 Å². The van der Waals surface area contributed by atoms with Crippen LogP contribution in [-0.4, -0.2) is 10.7 Å². The highest BCUT2D eigenvalue weighted by molar-refractivity contribution is 5.11. The average Bonchev–Trinajstić information content (AvgIpc) is 2.22. The molecule has 2 aliphatic carbocycles. The van der Waals surface area contributed by atoms with Gasteiger partial charge in [0.2, 0.25) is 0 Å². The normalized spacial score (nSPS) is 60.8. The predicted octanol–water partition coefficient (Wildman–Crippen LogP) is 1.17. The van der Waals surface area contributed by atoms with Gasteiger partial charge in [0.15, 0.2) is 0 Å². The molecular formula is C7H12O. The Kier molecular flexibility index (Phi) is 0.663. The molecule has 0 saturated heterocycles. The number of hydrogen-bond acceptors (Lipinski definition) is 1. The van der Waals surface area contributed by atoms with Crippen molar-refractivity contribution >= 4 is 0 Å². The van der Waals surface area contributed by atoms with Crippen molar-refractivity contribution in [2.75, 3.05) is 0 Å². The summed E-state index contributed by atoms with van der Waals surface area (Å²) in [6.45, 7) is 1.97. The molecule has 0 bridgehead atoms. The average molecular weight is 112 g/mol. The second kappa shape index (κ2) is 1.10. The molecular weight excluding hydrogens is 100 g/mol. The van der Waals surface area contributed by atoms with Gasteiger partial charge in [-0.25, -0.2) is 0 Å². The van der Waals surface area contributed by atoms with E-state index in [0.717, 1.165) is 0 Å². The van der Waals surface area contributed by atoms with Crippen LogP contribution in [0.4, 0.5) is 0 Å². The second-order valence-corrected chi connectivity index (χ2v) is 3.37. The molecule has 2 fully saturated rings. The molecule has 2 saturated carbocycles. The molecule has 0 radical (unpaired) electrons. The number of aliphatic hydroxyl groups is 1. The maximum absolute atomic E-state index is 9.41. The number of hydrogen-bond donors (Lipinski definition) is 1. The minimum absolute atomic E-state index is 0.238. The second-order valence-electron chi connectivity index (χ2n) is 3.37. The standard InChI is InChI=1S/C7H12O/c1-7(8)5-3-2-4-6(5)7/h5-6,8H,2-4H2,1H3. The minimum atomic E-state index is -0.238. The van der Waals surface area contributed by atoms with Crippen LogP contribution in [0.5, 0.6) is 0 Å². The number of rotatable bonds is 0. The molecule has 0 spiro atoms. The van der Waals surface area contributed by atoms with Gasteiger partial charge in [-0.2, -0.15) is 0 Å². The Balaban J connectivity index is 2.13. The largest absolute Gasteiger partial charge is 0.390 e. The summed E-state index contributed by atoms with van der Waals surface area (Å²) in [6.07, 6.45) is 3.90. The van der Waals surface area contributed by atoms with E-state index in [1.165, 1.54) is 19.3 Å². The molecule has 2 unspecified atom stereocenters. The van der Waals surface area contributed by atoms with Crippen molar-refractivity contribution in [3.63, 3.8) is 0 Å². The Labute approximate surface area is 49.7 Å². The molecule has 46 valence electrons. The van der Waals surface area contributed by atoms with Crippen molar-refractivity contribution in [3.05, 3.63) is 0 Å². The molecule has 0 aromatic heterocycles. The predicted molar refractivity (Wildman–Crippen MR) is 31.5 cm³/mol. The van der Waals surface area contributed by atoms with Gasteiger partial charge in [0.05, 0.1) is 5.60 Å². The lowest BCUT2D eigenvalue weighted by atomic mass is 10.1. The highest BCUT2D eigenvalue weighted by atomic mass is 16.3. The fraction of sp³-hybridized carbons (Fsp3) is 1.00. The van der Waals surface area contributed by atoms with Crippen LogP contribution in [0, 0.1) is 11.8 Å². The lowest BCUT2D eigenvalue weighted by Crippen LogP contribution is -2.08. The molecule has 2 atom stereocenters. The highest BCUT2D eigenvalue weighted by Crippen LogP contribution is 2.60. The van der Waals surface area contributed by atoms with Gasteiger partial charge in [-0.3, -0.25) is 0 Å². The van der Waals surface area contributed by atoms with E-state index < -0.39 is 0 Å². The van der Waals surface area contributed by atoms with Crippen molar-refractivity contribution in [1.29, 1.82) is 0 Å². The lowest BCUT2D eigenvalue weighted by Gasteiger charge is -2.03. The first-order valence-electron chi connectivity index (χ1n) is 3.45. The monoisotopic (exact) mass is 112 g/mol. The van der Waals surface area contributed by atoms with Crippen molar-refractivity contribution in [3.8, 4) is 0 Å².